The van der Waals surface area contributed by atoms with Gasteiger partial charge < -0.3 is 10.1 Å². The van der Waals surface area contributed by atoms with Gasteiger partial charge in [0.15, 0.2) is 0 Å². The van der Waals surface area contributed by atoms with E-state index in [1.165, 1.54) is 12.1 Å². The minimum atomic E-state index is -0.536. The average molecular weight is 440 g/mol. The van der Waals surface area contributed by atoms with Gasteiger partial charge in [-0.15, -0.1) is 0 Å². The summed E-state index contributed by atoms with van der Waals surface area (Å²) in [5.74, 6) is 0.157. The fourth-order valence-electron chi connectivity index (χ4n) is 1.97. The monoisotopic (exact) mass is 438 g/mol. The summed E-state index contributed by atoms with van der Waals surface area (Å²) in [5, 5.41) is 12.6. The number of rotatable bonds is 5. The minimum Gasteiger partial charge on any atom is -0.493 e. The first kappa shape index (κ1) is 19.3. The zero-order valence-electron chi connectivity index (χ0n) is 13.1. The van der Waals surface area contributed by atoms with Gasteiger partial charge in [0, 0.05) is 5.69 Å². The standard InChI is InChI=1S/C18H13BrCl2N2O2/c1-2-25-17-6-3-11(8-14(17)19)7-12(10-22)18(24)23-13-4-5-15(20)16(21)9-13/h3-9H,2H2,1H3,(H,23,24)/b12-7-. The first-order valence-corrected chi connectivity index (χ1v) is 8.80. The second-order valence-corrected chi connectivity index (χ2v) is 6.54. The summed E-state index contributed by atoms with van der Waals surface area (Å²) in [4.78, 5) is 12.3. The highest BCUT2D eigenvalue weighted by atomic mass is 79.9. The second-order valence-electron chi connectivity index (χ2n) is 4.88. The topological polar surface area (TPSA) is 62.1 Å². The summed E-state index contributed by atoms with van der Waals surface area (Å²) < 4.78 is 6.18. The van der Waals surface area contributed by atoms with E-state index in [-0.39, 0.29) is 5.57 Å². The Bertz CT molecular complexity index is 876. The predicted octanol–water partition coefficient (Wildman–Crippen LogP) is 5.70. The van der Waals surface area contributed by atoms with Crippen LogP contribution in [0.4, 0.5) is 5.69 Å². The average Bonchev–Trinajstić information content (AvgIpc) is 2.58. The van der Waals surface area contributed by atoms with Crippen LogP contribution in [0.3, 0.4) is 0 Å². The number of hydrogen-bond donors (Lipinski definition) is 1. The first-order chi connectivity index (χ1) is 11.9. The van der Waals surface area contributed by atoms with Crippen LogP contribution in [0.5, 0.6) is 5.75 Å². The van der Waals surface area contributed by atoms with Crippen LogP contribution in [0.25, 0.3) is 6.08 Å². The smallest absolute Gasteiger partial charge is 0.266 e. The lowest BCUT2D eigenvalue weighted by Crippen LogP contribution is -2.13. The van der Waals surface area contributed by atoms with Crippen LogP contribution in [-0.4, -0.2) is 12.5 Å². The molecule has 0 aliphatic carbocycles. The Kier molecular flexibility index (Phi) is 6.89. The van der Waals surface area contributed by atoms with Gasteiger partial charge in [0.1, 0.15) is 17.4 Å². The zero-order chi connectivity index (χ0) is 18.4. The lowest BCUT2D eigenvalue weighted by Gasteiger charge is -2.07. The van der Waals surface area contributed by atoms with Crippen molar-refractivity contribution in [2.75, 3.05) is 11.9 Å². The zero-order valence-corrected chi connectivity index (χ0v) is 16.2. The molecular formula is C18H13BrCl2N2O2. The van der Waals surface area contributed by atoms with Crippen LogP contribution < -0.4 is 10.1 Å². The van der Waals surface area contributed by atoms with Crippen molar-refractivity contribution in [2.45, 2.75) is 6.92 Å². The molecule has 0 aromatic heterocycles. The molecule has 2 rings (SSSR count). The van der Waals surface area contributed by atoms with Crippen LogP contribution in [0, 0.1) is 11.3 Å². The lowest BCUT2D eigenvalue weighted by atomic mass is 10.1. The van der Waals surface area contributed by atoms with Crippen LogP contribution in [0.2, 0.25) is 10.0 Å². The Balaban J connectivity index is 2.21. The van der Waals surface area contributed by atoms with Gasteiger partial charge in [-0.1, -0.05) is 29.3 Å². The molecule has 0 unspecified atom stereocenters. The highest BCUT2D eigenvalue weighted by molar-refractivity contribution is 9.10. The third kappa shape index (κ3) is 5.23. The summed E-state index contributed by atoms with van der Waals surface area (Å²) in [6.07, 6.45) is 1.49. The molecular weight excluding hydrogens is 427 g/mol. The fraction of sp³-hybridized carbons (Fsp3) is 0.111. The van der Waals surface area contributed by atoms with E-state index in [0.29, 0.717) is 33.7 Å². The molecule has 25 heavy (non-hydrogen) atoms. The van der Waals surface area contributed by atoms with Crippen molar-refractivity contribution in [1.82, 2.24) is 0 Å². The Morgan fingerprint density at radius 2 is 2.04 bits per heavy atom. The number of nitriles is 1. The summed E-state index contributed by atoms with van der Waals surface area (Å²) in [5.41, 5.74) is 1.10. The Hall–Kier alpha value is -2.00. The maximum atomic E-state index is 12.3. The van der Waals surface area contributed by atoms with Gasteiger partial charge in [0.2, 0.25) is 0 Å². The molecule has 7 heteroatoms. The van der Waals surface area contributed by atoms with Gasteiger partial charge >= 0.3 is 0 Å². The van der Waals surface area contributed by atoms with Crippen LogP contribution in [-0.2, 0) is 4.79 Å². The molecule has 0 aliphatic rings. The quantitative estimate of drug-likeness (QED) is 0.480. The molecule has 0 bridgehead atoms. The number of halogens is 3. The first-order valence-electron chi connectivity index (χ1n) is 7.25. The highest BCUT2D eigenvalue weighted by Gasteiger charge is 2.11. The molecule has 4 nitrogen and oxygen atoms in total. The van der Waals surface area contributed by atoms with E-state index in [2.05, 4.69) is 21.2 Å². The van der Waals surface area contributed by atoms with E-state index in [4.69, 9.17) is 27.9 Å². The van der Waals surface area contributed by atoms with Crippen LogP contribution in [0.15, 0.2) is 46.4 Å². The van der Waals surface area contributed by atoms with E-state index in [9.17, 15) is 10.1 Å². The molecule has 1 N–H and O–H groups in total. The summed E-state index contributed by atoms with van der Waals surface area (Å²) in [6.45, 7) is 2.44. The molecule has 0 aliphatic heterocycles. The number of anilines is 1. The lowest BCUT2D eigenvalue weighted by molar-refractivity contribution is -0.112. The number of hydrogen-bond acceptors (Lipinski definition) is 3. The molecule has 2 aromatic rings. The van der Waals surface area contributed by atoms with Crippen molar-refractivity contribution >= 4 is 56.8 Å². The Morgan fingerprint density at radius 3 is 2.64 bits per heavy atom. The van der Waals surface area contributed by atoms with Gasteiger partial charge in [0.25, 0.3) is 5.91 Å². The minimum absolute atomic E-state index is 0.0397. The number of carbonyl (C=O) groups excluding carboxylic acids is 1. The van der Waals surface area contributed by atoms with E-state index in [1.807, 2.05) is 13.0 Å². The molecule has 0 saturated carbocycles. The molecule has 0 saturated heterocycles. The number of nitrogens with zero attached hydrogens (tertiary/aromatic N) is 1. The molecule has 0 fully saturated rings. The highest BCUT2D eigenvalue weighted by Crippen LogP contribution is 2.27. The van der Waals surface area contributed by atoms with Gasteiger partial charge in [-0.2, -0.15) is 5.26 Å². The molecule has 0 heterocycles. The van der Waals surface area contributed by atoms with E-state index >= 15 is 0 Å². The molecule has 0 atom stereocenters. The number of benzene rings is 2. The third-order valence-corrected chi connectivity index (χ3v) is 4.47. The van der Waals surface area contributed by atoms with Crippen molar-refractivity contribution < 1.29 is 9.53 Å². The summed E-state index contributed by atoms with van der Waals surface area (Å²) in [6, 6.07) is 11.9. The summed E-state index contributed by atoms with van der Waals surface area (Å²) in [7, 11) is 0. The fourth-order valence-corrected chi connectivity index (χ4v) is 2.78. The number of carbonyl (C=O) groups is 1. The van der Waals surface area contributed by atoms with Crippen molar-refractivity contribution in [3.63, 3.8) is 0 Å². The Morgan fingerprint density at radius 1 is 1.28 bits per heavy atom. The van der Waals surface area contributed by atoms with Crippen molar-refractivity contribution in [1.29, 1.82) is 5.26 Å². The van der Waals surface area contributed by atoms with Gasteiger partial charge in [-0.25, -0.2) is 0 Å². The van der Waals surface area contributed by atoms with Gasteiger partial charge in [0.05, 0.1) is 21.1 Å². The maximum absolute atomic E-state index is 12.3. The normalized spacial score (nSPS) is 10.9. The van der Waals surface area contributed by atoms with Gasteiger partial charge in [-0.05, 0) is 64.8 Å². The largest absolute Gasteiger partial charge is 0.493 e. The van der Waals surface area contributed by atoms with Crippen molar-refractivity contribution in [3.8, 4) is 11.8 Å². The predicted molar refractivity (Wildman–Crippen MR) is 104 cm³/mol. The van der Waals surface area contributed by atoms with Crippen LogP contribution >= 0.6 is 39.1 Å². The molecule has 0 spiro atoms. The number of nitrogens with one attached hydrogen (secondary N) is 1. The molecule has 2 aromatic carbocycles. The Labute approximate surface area is 164 Å². The second kappa shape index (κ2) is 8.91. The van der Waals surface area contributed by atoms with Crippen molar-refractivity contribution in [2.24, 2.45) is 0 Å². The van der Waals surface area contributed by atoms with E-state index < -0.39 is 5.91 Å². The SMILES string of the molecule is CCOc1ccc(/C=C(/C#N)C(=O)Nc2ccc(Cl)c(Cl)c2)cc1Br. The molecule has 0 radical (unpaired) electrons. The van der Waals surface area contributed by atoms with E-state index in [1.54, 1.807) is 30.3 Å². The third-order valence-electron chi connectivity index (χ3n) is 3.11. The number of ether oxygens (including phenoxy) is 1. The van der Waals surface area contributed by atoms with E-state index in [0.717, 1.165) is 4.47 Å². The van der Waals surface area contributed by atoms with Crippen molar-refractivity contribution in [3.05, 3.63) is 62.1 Å². The molecule has 1 amide bonds. The maximum Gasteiger partial charge on any atom is 0.266 e. The van der Waals surface area contributed by atoms with Crippen LogP contribution in [0.1, 0.15) is 12.5 Å². The summed E-state index contributed by atoms with van der Waals surface area (Å²) >= 11 is 15.2. The number of amides is 1. The molecule has 128 valence electrons. The van der Waals surface area contributed by atoms with Gasteiger partial charge in [-0.3, -0.25) is 4.79 Å².